The van der Waals surface area contributed by atoms with Crippen molar-refractivity contribution in [3.05, 3.63) is 59.7 Å². The number of carbonyl (C=O) groups excluding carboxylic acids is 3. The third kappa shape index (κ3) is 4.97. The van der Waals surface area contributed by atoms with Crippen LogP contribution in [0, 0.1) is 5.92 Å². The summed E-state index contributed by atoms with van der Waals surface area (Å²) in [6, 6.07) is 14.3. The van der Waals surface area contributed by atoms with Gasteiger partial charge in [-0.1, -0.05) is 24.3 Å². The predicted molar refractivity (Wildman–Crippen MR) is 114 cm³/mol. The molecule has 1 fully saturated rings. The number of para-hydroxylation sites is 1. The van der Waals surface area contributed by atoms with E-state index < -0.39 is 5.92 Å². The molecule has 1 aliphatic rings. The smallest absolute Gasteiger partial charge is 0.253 e. The zero-order valence-electron chi connectivity index (χ0n) is 17.5. The van der Waals surface area contributed by atoms with Crippen LogP contribution in [0.4, 0.5) is 5.69 Å². The number of benzene rings is 2. The van der Waals surface area contributed by atoms with Gasteiger partial charge in [-0.25, -0.2) is 0 Å². The van der Waals surface area contributed by atoms with Crippen LogP contribution >= 0.6 is 0 Å². The number of nitrogens with one attached hydrogen (secondary N) is 2. The molecule has 1 saturated heterocycles. The number of nitrogens with zero attached hydrogens (tertiary/aromatic N) is 1. The first kappa shape index (κ1) is 21.4. The fourth-order valence-corrected chi connectivity index (χ4v) is 3.45. The van der Waals surface area contributed by atoms with E-state index in [0.717, 1.165) is 11.3 Å². The van der Waals surface area contributed by atoms with Crippen molar-refractivity contribution in [2.45, 2.75) is 32.9 Å². The monoisotopic (exact) mass is 409 g/mol. The lowest BCUT2D eigenvalue weighted by Crippen LogP contribution is -2.33. The van der Waals surface area contributed by atoms with Gasteiger partial charge in [0.1, 0.15) is 5.75 Å². The number of likely N-dealkylation sites (tertiary alicyclic amines) is 1. The lowest BCUT2D eigenvalue weighted by atomic mass is 10.1. The van der Waals surface area contributed by atoms with E-state index >= 15 is 0 Å². The summed E-state index contributed by atoms with van der Waals surface area (Å²) in [7, 11) is 1.60. The first-order valence-corrected chi connectivity index (χ1v) is 9.99. The average Bonchev–Trinajstić information content (AvgIpc) is 3.15. The highest BCUT2D eigenvalue weighted by Crippen LogP contribution is 2.23. The summed E-state index contributed by atoms with van der Waals surface area (Å²) in [4.78, 5) is 39.2. The maximum absolute atomic E-state index is 12.7. The normalized spacial score (nSPS) is 15.9. The minimum absolute atomic E-state index is 0.0179. The fourth-order valence-electron chi connectivity index (χ4n) is 3.45. The highest BCUT2D eigenvalue weighted by Gasteiger charge is 2.35. The molecule has 0 aromatic heterocycles. The van der Waals surface area contributed by atoms with E-state index in [4.69, 9.17) is 4.74 Å². The molecule has 1 heterocycles. The van der Waals surface area contributed by atoms with Gasteiger partial charge < -0.3 is 20.3 Å². The molecule has 0 aliphatic carbocycles. The van der Waals surface area contributed by atoms with Crippen molar-refractivity contribution in [3.8, 4) is 5.75 Å². The van der Waals surface area contributed by atoms with Gasteiger partial charge in [-0.15, -0.1) is 0 Å². The van der Waals surface area contributed by atoms with Gasteiger partial charge in [0.15, 0.2) is 0 Å². The summed E-state index contributed by atoms with van der Waals surface area (Å²) in [5.74, 6) is -0.222. The maximum Gasteiger partial charge on any atom is 0.253 e. The molecule has 2 aromatic rings. The molecule has 30 heavy (non-hydrogen) atoms. The van der Waals surface area contributed by atoms with E-state index in [-0.39, 0.29) is 30.2 Å². The molecular weight excluding hydrogens is 382 g/mol. The largest absolute Gasteiger partial charge is 0.497 e. The van der Waals surface area contributed by atoms with Crippen molar-refractivity contribution >= 4 is 23.4 Å². The summed E-state index contributed by atoms with van der Waals surface area (Å²) in [5.41, 5.74) is 1.75. The summed E-state index contributed by atoms with van der Waals surface area (Å²) in [5, 5.41) is 5.70. The Hall–Kier alpha value is -3.35. The molecular formula is C23H27N3O4. The lowest BCUT2D eigenvalue weighted by molar-refractivity contribution is -0.129. The molecule has 7 heteroatoms. The molecule has 3 amide bonds. The lowest BCUT2D eigenvalue weighted by Gasteiger charge is -2.20. The summed E-state index contributed by atoms with van der Waals surface area (Å²) in [6.07, 6.45) is 0.190. The van der Waals surface area contributed by atoms with E-state index in [0.29, 0.717) is 24.3 Å². The van der Waals surface area contributed by atoms with Crippen LogP contribution in [0.5, 0.6) is 5.75 Å². The summed E-state index contributed by atoms with van der Waals surface area (Å²) >= 11 is 0. The van der Waals surface area contributed by atoms with Crippen LogP contribution in [0.3, 0.4) is 0 Å². The quantitative estimate of drug-likeness (QED) is 0.736. The zero-order valence-corrected chi connectivity index (χ0v) is 17.5. The summed E-state index contributed by atoms with van der Waals surface area (Å²) < 4.78 is 5.13. The summed E-state index contributed by atoms with van der Waals surface area (Å²) in [6.45, 7) is 4.61. The Labute approximate surface area is 176 Å². The molecule has 0 saturated carbocycles. The molecule has 3 rings (SSSR count). The SMILES string of the molecule is COc1ccc(CNC(=O)c2ccccc2NC(=O)[C@H]2CC(=O)N(C(C)C)C2)cc1. The van der Waals surface area contributed by atoms with E-state index in [1.165, 1.54) is 0 Å². The van der Waals surface area contributed by atoms with Gasteiger partial charge in [-0.2, -0.15) is 0 Å². The Bertz CT molecular complexity index is 924. The van der Waals surface area contributed by atoms with Crippen LogP contribution < -0.4 is 15.4 Å². The zero-order chi connectivity index (χ0) is 21.7. The van der Waals surface area contributed by atoms with Crippen molar-refractivity contribution in [3.63, 3.8) is 0 Å². The standard InChI is InChI=1S/C23H27N3O4/c1-15(2)26-14-17(12-21(26)27)22(28)25-20-7-5-4-6-19(20)23(29)24-13-16-8-10-18(30-3)11-9-16/h4-11,15,17H,12-14H2,1-3H3,(H,24,29)(H,25,28)/t17-/m0/s1. The van der Waals surface area contributed by atoms with Gasteiger partial charge in [-0.05, 0) is 43.7 Å². The first-order chi connectivity index (χ1) is 14.4. The number of hydrogen-bond donors (Lipinski definition) is 2. The van der Waals surface area contributed by atoms with Crippen molar-refractivity contribution in [2.75, 3.05) is 19.0 Å². The van der Waals surface area contributed by atoms with Gasteiger partial charge in [-0.3, -0.25) is 14.4 Å². The fraction of sp³-hybridized carbons (Fsp3) is 0.348. The minimum Gasteiger partial charge on any atom is -0.497 e. The van der Waals surface area contributed by atoms with Crippen LogP contribution in [0.15, 0.2) is 48.5 Å². The van der Waals surface area contributed by atoms with Gasteiger partial charge in [0.2, 0.25) is 11.8 Å². The topological polar surface area (TPSA) is 87.7 Å². The maximum atomic E-state index is 12.7. The molecule has 0 radical (unpaired) electrons. The number of hydrogen-bond acceptors (Lipinski definition) is 4. The second-order valence-corrected chi connectivity index (χ2v) is 7.61. The Morgan fingerprint density at radius 2 is 1.83 bits per heavy atom. The van der Waals surface area contributed by atoms with E-state index in [9.17, 15) is 14.4 Å². The molecule has 2 N–H and O–H groups in total. The van der Waals surface area contributed by atoms with Crippen molar-refractivity contribution in [2.24, 2.45) is 5.92 Å². The molecule has 1 aliphatic heterocycles. The number of carbonyl (C=O) groups is 3. The molecule has 0 unspecified atom stereocenters. The van der Waals surface area contributed by atoms with Crippen molar-refractivity contribution in [1.82, 2.24) is 10.2 Å². The highest BCUT2D eigenvalue weighted by atomic mass is 16.5. The molecule has 7 nitrogen and oxygen atoms in total. The van der Waals surface area contributed by atoms with E-state index in [1.807, 2.05) is 38.1 Å². The van der Waals surface area contributed by atoms with Gasteiger partial charge in [0.05, 0.1) is 24.3 Å². The molecule has 0 spiro atoms. The van der Waals surface area contributed by atoms with Crippen molar-refractivity contribution < 1.29 is 19.1 Å². The van der Waals surface area contributed by atoms with Gasteiger partial charge in [0.25, 0.3) is 5.91 Å². The van der Waals surface area contributed by atoms with Crippen LogP contribution in [0.1, 0.15) is 36.2 Å². The number of ether oxygens (including phenoxy) is 1. The highest BCUT2D eigenvalue weighted by molar-refractivity contribution is 6.05. The second kappa shape index (κ2) is 9.43. The van der Waals surface area contributed by atoms with E-state index in [1.54, 1.807) is 36.3 Å². The Morgan fingerprint density at radius 1 is 1.13 bits per heavy atom. The predicted octanol–water partition coefficient (Wildman–Crippen LogP) is 2.82. The van der Waals surface area contributed by atoms with Crippen LogP contribution in [0.25, 0.3) is 0 Å². The Kier molecular flexibility index (Phi) is 6.72. The first-order valence-electron chi connectivity index (χ1n) is 9.99. The number of amides is 3. The average molecular weight is 409 g/mol. The van der Waals surface area contributed by atoms with Crippen LogP contribution in [-0.2, 0) is 16.1 Å². The Balaban J connectivity index is 1.64. The molecule has 0 bridgehead atoms. The third-order valence-corrected chi connectivity index (χ3v) is 5.19. The number of methoxy groups -OCH3 is 1. The molecule has 2 aromatic carbocycles. The van der Waals surface area contributed by atoms with Crippen molar-refractivity contribution in [1.29, 1.82) is 0 Å². The number of anilines is 1. The van der Waals surface area contributed by atoms with Gasteiger partial charge in [0, 0.05) is 25.6 Å². The third-order valence-electron chi connectivity index (χ3n) is 5.19. The minimum atomic E-state index is -0.421. The number of rotatable bonds is 7. The molecule has 1 atom stereocenters. The van der Waals surface area contributed by atoms with Crippen LogP contribution in [-0.4, -0.2) is 42.3 Å². The van der Waals surface area contributed by atoms with Gasteiger partial charge >= 0.3 is 0 Å². The van der Waals surface area contributed by atoms with Crippen LogP contribution in [0.2, 0.25) is 0 Å². The van der Waals surface area contributed by atoms with E-state index in [2.05, 4.69) is 10.6 Å². The Morgan fingerprint density at radius 3 is 2.47 bits per heavy atom. The second-order valence-electron chi connectivity index (χ2n) is 7.61. The molecule has 158 valence electrons.